The summed E-state index contributed by atoms with van der Waals surface area (Å²) in [7, 11) is -3.73. The van der Waals surface area contributed by atoms with E-state index < -0.39 is 10.0 Å². The maximum atomic E-state index is 11.4. The molecular formula is C17H19N7O4S2. The van der Waals surface area contributed by atoms with Gasteiger partial charge in [-0.3, -0.25) is 0 Å². The highest BCUT2D eigenvalue weighted by Gasteiger charge is 2.24. The van der Waals surface area contributed by atoms with Crippen LogP contribution in [0.2, 0.25) is 0 Å². The average molecular weight is 450 g/mol. The Bertz CT molecular complexity index is 1150. The lowest BCUT2D eigenvalue weighted by Gasteiger charge is -2.34. The van der Waals surface area contributed by atoms with E-state index in [0.29, 0.717) is 41.7 Å². The summed E-state index contributed by atoms with van der Waals surface area (Å²) in [5.74, 6) is 0. The molecule has 2 aromatic heterocycles. The monoisotopic (exact) mass is 449 g/mol. The number of rotatable bonds is 5. The van der Waals surface area contributed by atoms with Crippen molar-refractivity contribution in [3.05, 3.63) is 42.6 Å². The average Bonchev–Trinajstić information content (AvgIpc) is 3.15. The fourth-order valence-corrected chi connectivity index (χ4v) is 3.72. The second kappa shape index (κ2) is 8.47. The van der Waals surface area contributed by atoms with Crippen LogP contribution in [0.3, 0.4) is 0 Å². The first kappa shape index (κ1) is 20.4. The Morgan fingerprint density at radius 3 is 2.90 bits per heavy atom. The standard InChI is InChI=1S/C17H19N7O4S2/c18-30(25,26)14-5-3-12(4-6-14)20-17(29)23-8-9-27-13(10-23)11-28-24-16-15(21-22-24)2-1-7-19-16/h1-7,13H,8-11H2,(H,20,29)(H2,18,25,26). The van der Waals surface area contributed by atoms with E-state index in [9.17, 15) is 8.42 Å². The van der Waals surface area contributed by atoms with Crippen LogP contribution in [0.4, 0.5) is 5.69 Å². The number of pyridine rings is 1. The molecule has 1 saturated heterocycles. The van der Waals surface area contributed by atoms with E-state index in [0.717, 1.165) is 0 Å². The van der Waals surface area contributed by atoms with Crippen LogP contribution in [0, 0.1) is 0 Å². The Kier molecular flexibility index (Phi) is 5.76. The van der Waals surface area contributed by atoms with Crippen molar-refractivity contribution in [2.45, 2.75) is 11.0 Å². The number of fused-ring (bicyclic) bond motifs is 1. The minimum Gasteiger partial charge on any atom is -0.391 e. The van der Waals surface area contributed by atoms with Gasteiger partial charge in [-0.2, -0.15) is 0 Å². The summed E-state index contributed by atoms with van der Waals surface area (Å²) in [4.78, 5) is 13.2. The number of nitrogens with two attached hydrogens (primary N) is 1. The number of morpholine rings is 1. The van der Waals surface area contributed by atoms with E-state index in [2.05, 4.69) is 20.6 Å². The quantitative estimate of drug-likeness (QED) is 0.512. The Labute approximate surface area is 177 Å². The van der Waals surface area contributed by atoms with Gasteiger partial charge in [0.2, 0.25) is 15.7 Å². The highest BCUT2D eigenvalue weighted by molar-refractivity contribution is 7.89. The van der Waals surface area contributed by atoms with Crippen LogP contribution >= 0.6 is 12.2 Å². The molecule has 0 saturated carbocycles. The third-order valence-electron chi connectivity index (χ3n) is 4.42. The van der Waals surface area contributed by atoms with Crippen molar-refractivity contribution in [3.63, 3.8) is 0 Å². The van der Waals surface area contributed by atoms with Crippen molar-refractivity contribution in [2.75, 3.05) is 31.6 Å². The van der Waals surface area contributed by atoms with Gasteiger partial charge < -0.3 is 19.8 Å². The summed E-state index contributed by atoms with van der Waals surface area (Å²) in [6.07, 6.45) is 1.41. The lowest BCUT2D eigenvalue weighted by atomic mass is 10.3. The molecule has 158 valence electrons. The van der Waals surface area contributed by atoms with Gasteiger partial charge in [0.15, 0.2) is 5.11 Å². The number of nitrogens with zero attached hydrogens (tertiary/aromatic N) is 5. The Morgan fingerprint density at radius 2 is 2.13 bits per heavy atom. The van der Waals surface area contributed by atoms with E-state index in [1.165, 1.54) is 17.0 Å². The topological polar surface area (TPSA) is 137 Å². The maximum Gasteiger partial charge on any atom is 0.238 e. The highest BCUT2D eigenvalue weighted by Crippen LogP contribution is 2.15. The molecule has 0 radical (unpaired) electrons. The van der Waals surface area contributed by atoms with Gasteiger partial charge in [-0.05, 0) is 53.8 Å². The molecule has 0 spiro atoms. The fourth-order valence-electron chi connectivity index (χ4n) is 2.92. The van der Waals surface area contributed by atoms with E-state index >= 15 is 0 Å². The SMILES string of the molecule is NS(=O)(=O)c1ccc(NC(=S)N2CCOC(COn3nnc4cccnc43)C2)cc1. The van der Waals surface area contributed by atoms with Crippen molar-refractivity contribution in [1.82, 2.24) is 25.0 Å². The van der Waals surface area contributed by atoms with Crippen LogP contribution in [0.5, 0.6) is 0 Å². The Morgan fingerprint density at radius 1 is 1.33 bits per heavy atom. The second-order valence-corrected chi connectivity index (χ2v) is 8.49. The molecule has 30 heavy (non-hydrogen) atoms. The molecule has 3 aromatic rings. The first-order valence-electron chi connectivity index (χ1n) is 9.00. The number of primary sulfonamides is 1. The Balaban J connectivity index is 1.33. The summed E-state index contributed by atoms with van der Waals surface area (Å²) < 4.78 is 28.5. The van der Waals surface area contributed by atoms with Gasteiger partial charge in [0.1, 0.15) is 18.2 Å². The number of sulfonamides is 1. The summed E-state index contributed by atoms with van der Waals surface area (Å²) in [5, 5.41) is 16.6. The normalized spacial score (nSPS) is 17.1. The minimum absolute atomic E-state index is 0.0395. The van der Waals surface area contributed by atoms with Crippen molar-refractivity contribution in [3.8, 4) is 0 Å². The second-order valence-electron chi connectivity index (χ2n) is 6.54. The fraction of sp³-hybridized carbons (Fsp3) is 0.294. The van der Waals surface area contributed by atoms with Crippen LogP contribution < -0.4 is 15.3 Å². The Hall–Kier alpha value is -2.87. The lowest BCUT2D eigenvalue weighted by molar-refractivity contribution is -0.0609. The third kappa shape index (κ3) is 4.64. The first-order chi connectivity index (χ1) is 14.4. The number of anilines is 1. The van der Waals surface area contributed by atoms with Crippen molar-refractivity contribution >= 4 is 44.2 Å². The number of hydrogen-bond acceptors (Lipinski definition) is 8. The molecule has 3 heterocycles. The zero-order valence-corrected chi connectivity index (χ0v) is 17.3. The van der Waals surface area contributed by atoms with Gasteiger partial charge in [-0.1, -0.05) is 4.85 Å². The largest absolute Gasteiger partial charge is 0.391 e. The summed E-state index contributed by atoms with van der Waals surface area (Å²) in [6, 6.07) is 9.64. The van der Waals surface area contributed by atoms with E-state index in [1.54, 1.807) is 30.5 Å². The maximum absolute atomic E-state index is 11.4. The molecule has 1 aromatic carbocycles. The number of nitrogens with one attached hydrogen (secondary N) is 1. The zero-order valence-electron chi connectivity index (χ0n) is 15.7. The summed E-state index contributed by atoms with van der Waals surface area (Å²) in [6.45, 7) is 1.86. The molecule has 11 nitrogen and oxygen atoms in total. The van der Waals surface area contributed by atoms with Crippen molar-refractivity contribution in [1.29, 1.82) is 0 Å². The van der Waals surface area contributed by atoms with Crippen LogP contribution in [0.15, 0.2) is 47.5 Å². The summed E-state index contributed by atoms with van der Waals surface area (Å²) in [5.41, 5.74) is 1.83. The van der Waals surface area contributed by atoms with Crippen LogP contribution in [0.1, 0.15) is 0 Å². The van der Waals surface area contributed by atoms with Gasteiger partial charge in [-0.15, -0.1) is 5.10 Å². The van der Waals surface area contributed by atoms with Gasteiger partial charge in [-0.25, -0.2) is 18.5 Å². The molecule has 0 amide bonds. The van der Waals surface area contributed by atoms with Crippen molar-refractivity contribution < 1.29 is 18.0 Å². The third-order valence-corrected chi connectivity index (χ3v) is 5.71. The molecule has 13 heteroatoms. The molecule has 0 aliphatic carbocycles. The van der Waals surface area contributed by atoms with Crippen LogP contribution in [-0.2, 0) is 14.8 Å². The van der Waals surface area contributed by atoms with Crippen LogP contribution in [0.25, 0.3) is 11.2 Å². The lowest BCUT2D eigenvalue weighted by Crippen LogP contribution is -2.49. The molecule has 1 aliphatic heterocycles. The summed E-state index contributed by atoms with van der Waals surface area (Å²) >= 11 is 5.48. The number of benzene rings is 1. The molecule has 0 bridgehead atoms. The predicted molar refractivity (Wildman–Crippen MR) is 112 cm³/mol. The van der Waals surface area contributed by atoms with E-state index in [-0.39, 0.29) is 17.6 Å². The van der Waals surface area contributed by atoms with E-state index in [1.807, 2.05) is 4.90 Å². The molecule has 4 rings (SSSR count). The number of hydrogen-bond donors (Lipinski definition) is 2. The van der Waals surface area contributed by atoms with E-state index in [4.69, 9.17) is 26.9 Å². The van der Waals surface area contributed by atoms with Gasteiger partial charge in [0, 0.05) is 25.0 Å². The predicted octanol–water partition coefficient (Wildman–Crippen LogP) is 0.000100. The smallest absolute Gasteiger partial charge is 0.238 e. The molecule has 1 atom stereocenters. The van der Waals surface area contributed by atoms with Gasteiger partial charge >= 0.3 is 0 Å². The molecule has 1 fully saturated rings. The number of thiocarbonyl (C=S) groups is 1. The molecule has 3 N–H and O–H groups in total. The van der Waals surface area contributed by atoms with Gasteiger partial charge in [0.05, 0.1) is 11.5 Å². The molecular weight excluding hydrogens is 430 g/mol. The minimum atomic E-state index is -3.73. The van der Waals surface area contributed by atoms with Crippen molar-refractivity contribution in [2.24, 2.45) is 5.14 Å². The molecule has 1 aliphatic rings. The first-order valence-corrected chi connectivity index (χ1v) is 11.0. The molecule has 1 unspecified atom stereocenters. The highest BCUT2D eigenvalue weighted by atomic mass is 32.2. The number of aromatic nitrogens is 4. The number of ether oxygens (including phenoxy) is 1. The van der Waals surface area contributed by atoms with Gasteiger partial charge in [0.25, 0.3) is 0 Å². The zero-order chi connectivity index (χ0) is 21.1. The van der Waals surface area contributed by atoms with Crippen LogP contribution in [-0.4, -0.2) is 71.0 Å².